The molecule has 3 amide bonds. The number of amides is 3. The van der Waals surface area contributed by atoms with Gasteiger partial charge in [-0.25, -0.2) is 8.78 Å². The molecule has 0 spiro atoms. The number of imide groups is 1. The highest BCUT2D eigenvalue weighted by Crippen LogP contribution is 2.32. The summed E-state index contributed by atoms with van der Waals surface area (Å²) in [4.78, 5) is 38.2. The molecule has 1 aliphatic heterocycles. The van der Waals surface area contributed by atoms with E-state index in [1.165, 1.54) is 6.08 Å². The van der Waals surface area contributed by atoms with Gasteiger partial charge in [0.05, 0.1) is 10.6 Å². The molecule has 6 nitrogen and oxygen atoms in total. The lowest BCUT2D eigenvalue weighted by Crippen LogP contribution is -2.36. The third-order valence-corrected chi connectivity index (χ3v) is 5.69. The molecule has 0 unspecified atom stereocenters. The van der Waals surface area contributed by atoms with Crippen LogP contribution >= 0.6 is 11.8 Å². The van der Waals surface area contributed by atoms with Crippen molar-refractivity contribution in [3.63, 3.8) is 0 Å². The number of carbonyl (C=O) groups is 3. The van der Waals surface area contributed by atoms with Crippen molar-refractivity contribution in [1.82, 2.24) is 4.90 Å². The fourth-order valence-corrected chi connectivity index (χ4v) is 3.99. The molecule has 1 fully saturated rings. The third-order valence-electron chi connectivity index (χ3n) is 4.78. The molecule has 1 saturated heterocycles. The van der Waals surface area contributed by atoms with E-state index in [2.05, 4.69) is 5.32 Å². The van der Waals surface area contributed by atoms with Gasteiger partial charge in [-0.15, -0.1) is 0 Å². The number of carbonyl (C=O) groups excluding carboxylic acids is 3. The number of halogens is 2. The van der Waals surface area contributed by atoms with Gasteiger partial charge in [-0.3, -0.25) is 19.3 Å². The van der Waals surface area contributed by atoms with E-state index in [1.54, 1.807) is 24.3 Å². The van der Waals surface area contributed by atoms with E-state index >= 15 is 0 Å². The van der Waals surface area contributed by atoms with Crippen LogP contribution in [-0.4, -0.2) is 28.5 Å². The number of nitrogens with one attached hydrogen (secondary N) is 1. The smallest absolute Gasteiger partial charge is 0.294 e. The van der Waals surface area contributed by atoms with E-state index in [0.29, 0.717) is 35.7 Å². The summed E-state index contributed by atoms with van der Waals surface area (Å²) >= 11 is 0.700. The van der Waals surface area contributed by atoms with Crippen LogP contribution in [0.1, 0.15) is 11.1 Å². The van der Waals surface area contributed by atoms with Crippen LogP contribution in [0.25, 0.3) is 6.08 Å². The maximum atomic E-state index is 13.7. The quantitative estimate of drug-likeness (QED) is 0.470. The van der Waals surface area contributed by atoms with Crippen LogP contribution in [0.3, 0.4) is 0 Å². The Morgan fingerprint density at radius 1 is 1.00 bits per heavy atom. The molecule has 172 valence electrons. The molecule has 4 rings (SSSR count). The minimum absolute atomic E-state index is 0.144. The standard InChI is InChI=1S/C25H18F2N2O4S/c26-18-9-10-21(20(27)13-18)28-23(30)14-29-24(31)22(34-25(29)32)12-17-7-4-8-19(11-17)33-15-16-5-2-1-3-6-16/h1-13H,14-15H2,(H,28,30). The van der Waals surface area contributed by atoms with Gasteiger partial charge < -0.3 is 10.1 Å². The first kappa shape index (κ1) is 23.2. The van der Waals surface area contributed by atoms with Crippen LogP contribution in [0, 0.1) is 11.6 Å². The highest BCUT2D eigenvalue weighted by atomic mass is 32.2. The van der Waals surface area contributed by atoms with Gasteiger partial charge in [-0.1, -0.05) is 42.5 Å². The van der Waals surface area contributed by atoms with Gasteiger partial charge in [0.2, 0.25) is 5.91 Å². The summed E-state index contributed by atoms with van der Waals surface area (Å²) in [5.74, 6) is -2.58. The largest absolute Gasteiger partial charge is 0.489 e. The molecule has 9 heteroatoms. The van der Waals surface area contributed by atoms with Crippen LogP contribution in [0.15, 0.2) is 77.7 Å². The Balaban J connectivity index is 1.40. The Kier molecular flexibility index (Phi) is 7.03. The summed E-state index contributed by atoms with van der Waals surface area (Å²) in [6.45, 7) is -0.219. The van der Waals surface area contributed by atoms with Crippen molar-refractivity contribution in [1.29, 1.82) is 0 Å². The lowest BCUT2D eigenvalue weighted by Gasteiger charge is -2.12. The predicted octanol–water partition coefficient (Wildman–Crippen LogP) is 5.22. The van der Waals surface area contributed by atoms with Crippen molar-refractivity contribution in [3.8, 4) is 5.75 Å². The highest BCUT2D eigenvalue weighted by Gasteiger charge is 2.36. The maximum absolute atomic E-state index is 13.7. The summed E-state index contributed by atoms with van der Waals surface area (Å²) < 4.78 is 32.5. The number of rotatable bonds is 7. The number of hydrogen-bond donors (Lipinski definition) is 1. The summed E-state index contributed by atoms with van der Waals surface area (Å²) in [5, 5.41) is 1.61. The van der Waals surface area contributed by atoms with Gasteiger partial charge in [-0.2, -0.15) is 0 Å². The van der Waals surface area contributed by atoms with Gasteiger partial charge in [0.25, 0.3) is 11.1 Å². The Morgan fingerprint density at radius 2 is 1.79 bits per heavy atom. The van der Waals surface area contributed by atoms with E-state index in [9.17, 15) is 23.2 Å². The zero-order chi connectivity index (χ0) is 24.1. The van der Waals surface area contributed by atoms with Crippen LogP contribution in [-0.2, 0) is 16.2 Å². The zero-order valence-electron chi connectivity index (χ0n) is 17.7. The molecular weight excluding hydrogens is 462 g/mol. The van der Waals surface area contributed by atoms with E-state index in [0.717, 1.165) is 22.6 Å². The number of anilines is 1. The average molecular weight is 480 g/mol. The topological polar surface area (TPSA) is 75.7 Å². The molecule has 0 saturated carbocycles. The maximum Gasteiger partial charge on any atom is 0.294 e. The number of ether oxygens (including phenoxy) is 1. The van der Waals surface area contributed by atoms with Crippen molar-refractivity contribution in [2.75, 3.05) is 11.9 Å². The molecule has 1 N–H and O–H groups in total. The lowest BCUT2D eigenvalue weighted by atomic mass is 10.2. The molecule has 3 aromatic carbocycles. The average Bonchev–Trinajstić information content (AvgIpc) is 3.08. The summed E-state index contributed by atoms with van der Waals surface area (Å²) in [6.07, 6.45) is 1.54. The number of thioether (sulfide) groups is 1. The van der Waals surface area contributed by atoms with Gasteiger partial charge in [0.15, 0.2) is 0 Å². The Morgan fingerprint density at radius 3 is 2.56 bits per heavy atom. The second-order valence-corrected chi connectivity index (χ2v) is 8.28. The van der Waals surface area contributed by atoms with Gasteiger partial charge >= 0.3 is 0 Å². The van der Waals surface area contributed by atoms with Crippen LogP contribution in [0.2, 0.25) is 0 Å². The monoisotopic (exact) mass is 480 g/mol. The van der Waals surface area contributed by atoms with Crippen molar-refractivity contribution in [2.45, 2.75) is 6.61 Å². The van der Waals surface area contributed by atoms with E-state index in [1.807, 2.05) is 30.3 Å². The SMILES string of the molecule is O=C(CN1C(=O)SC(=Cc2cccc(OCc3ccccc3)c2)C1=O)Nc1ccc(F)cc1F. The van der Waals surface area contributed by atoms with Crippen LogP contribution < -0.4 is 10.1 Å². The van der Waals surface area contributed by atoms with Crippen molar-refractivity contribution in [2.24, 2.45) is 0 Å². The van der Waals surface area contributed by atoms with Crippen LogP contribution in [0.5, 0.6) is 5.75 Å². The fourth-order valence-electron chi connectivity index (χ4n) is 3.15. The van der Waals surface area contributed by atoms with Gasteiger partial charge in [0, 0.05) is 6.07 Å². The molecule has 0 aromatic heterocycles. The second-order valence-electron chi connectivity index (χ2n) is 7.29. The highest BCUT2D eigenvalue weighted by molar-refractivity contribution is 8.18. The minimum Gasteiger partial charge on any atom is -0.489 e. The molecule has 1 aliphatic rings. The fraction of sp³-hybridized carbons (Fsp3) is 0.0800. The molecular formula is C25H18F2N2O4S. The van der Waals surface area contributed by atoms with E-state index < -0.39 is 35.2 Å². The summed E-state index contributed by atoms with van der Waals surface area (Å²) in [5.41, 5.74) is 1.41. The number of benzene rings is 3. The molecule has 34 heavy (non-hydrogen) atoms. The Bertz CT molecular complexity index is 1280. The molecule has 0 bridgehead atoms. The summed E-state index contributed by atoms with van der Waals surface area (Å²) in [6, 6.07) is 19.4. The molecule has 0 aliphatic carbocycles. The van der Waals surface area contributed by atoms with Crippen molar-refractivity contribution < 1.29 is 27.9 Å². The third kappa shape index (κ3) is 5.68. The molecule has 0 atom stereocenters. The number of nitrogens with zero attached hydrogens (tertiary/aromatic N) is 1. The molecule has 0 radical (unpaired) electrons. The first-order chi connectivity index (χ1) is 16.4. The molecule has 3 aromatic rings. The van der Waals surface area contributed by atoms with Gasteiger partial charge in [0.1, 0.15) is 30.5 Å². The van der Waals surface area contributed by atoms with E-state index in [-0.39, 0.29) is 10.6 Å². The van der Waals surface area contributed by atoms with Crippen molar-refractivity contribution >= 4 is 40.6 Å². The normalized spacial score (nSPS) is 14.5. The second kappa shape index (κ2) is 10.3. The zero-order valence-corrected chi connectivity index (χ0v) is 18.5. The first-order valence-corrected chi connectivity index (χ1v) is 11.0. The van der Waals surface area contributed by atoms with Crippen molar-refractivity contribution in [3.05, 3.63) is 100 Å². The summed E-state index contributed by atoms with van der Waals surface area (Å²) in [7, 11) is 0. The lowest BCUT2D eigenvalue weighted by molar-refractivity contribution is -0.127. The van der Waals surface area contributed by atoms with E-state index in [4.69, 9.17) is 4.74 Å². The van der Waals surface area contributed by atoms with Gasteiger partial charge in [-0.05, 0) is 53.2 Å². The Hall–Kier alpha value is -3.98. The number of hydrogen-bond acceptors (Lipinski definition) is 5. The first-order valence-electron chi connectivity index (χ1n) is 10.2. The molecule has 1 heterocycles. The van der Waals surface area contributed by atoms with Crippen LogP contribution in [0.4, 0.5) is 19.3 Å². The predicted molar refractivity (Wildman–Crippen MR) is 125 cm³/mol. The minimum atomic E-state index is -0.961. The Labute approximate surface area is 198 Å².